The molecular weight excluding hydrogens is 278 g/mol. The number of carbonyl (C=O) groups is 1. The van der Waals surface area contributed by atoms with E-state index in [4.69, 9.17) is 5.11 Å². The summed E-state index contributed by atoms with van der Waals surface area (Å²) in [4.78, 5) is 11.0. The number of benzene rings is 2. The van der Waals surface area contributed by atoms with Gasteiger partial charge in [0.15, 0.2) is 6.10 Å². The molecule has 1 atom stereocenters. The first kappa shape index (κ1) is 13.3. The van der Waals surface area contributed by atoms with Crippen LogP contribution < -0.4 is 0 Å². The summed E-state index contributed by atoms with van der Waals surface area (Å²) in [7, 11) is 0. The Hall–Kier alpha value is -2.33. The van der Waals surface area contributed by atoms with Crippen molar-refractivity contribution in [2.45, 2.75) is 25.5 Å². The molecule has 1 fully saturated rings. The number of aliphatic hydroxyl groups excluding tert-OH is 1. The van der Waals surface area contributed by atoms with Gasteiger partial charge in [0, 0.05) is 28.4 Å². The van der Waals surface area contributed by atoms with E-state index in [1.54, 1.807) is 12.1 Å². The molecule has 3 aromatic rings. The van der Waals surface area contributed by atoms with Gasteiger partial charge in [-0.15, -0.1) is 0 Å². The lowest BCUT2D eigenvalue weighted by molar-refractivity contribution is -0.146. The quantitative estimate of drug-likeness (QED) is 0.776. The van der Waals surface area contributed by atoms with Crippen molar-refractivity contribution in [3.63, 3.8) is 0 Å². The Balaban J connectivity index is 1.95. The number of para-hydroxylation sites is 1. The largest absolute Gasteiger partial charge is 0.479 e. The monoisotopic (exact) mass is 295 g/mol. The fourth-order valence-corrected chi connectivity index (χ4v) is 3.14. The van der Waals surface area contributed by atoms with Gasteiger partial charge in [0.25, 0.3) is 0 Å². The normalized spacial score (nSPS) is 16.2. The topological polar surface area (TPSA) is 62.5 Å². The second-order valence-corrected chi connectivity index (χ2v) is 6.09. The van der Waals surface area contributed by atoms with E-state index in [1.807, 2.05) is 18.2 Å². The SMILES string of the molecule is O=C(O)C(O)c1ccc2c(c1)c1ccccc1n2CC1CC1. The van der Waals surface area contributed by atoms with Crippen LogP contribution in [0.1, 0.15) is 24.5 Å². The van der Waals surface area contributed by atoms with Gasteiger partial charge in [0.1, 0.15) is 0 Å². The van der Waals surface area contributed by atoms with E-state index in [9.17, 15) is 9.90 Å². The first-order chi connectivity index (χ1) is 10.6. The molecule has 0 spiro atoms. The average molecular weight is 295 g/mol. The van der Waals surface area contributed by atoms with E-state index < -0.39 is 12.1 Å². The van der Waals surface area contributed by atoms with Gasteiger partial charge in [-0.3, -0.25) is 0 Å². The highest BCUT2D eigenvalue weighted by Gasteiger charge is 2.24. The molecule has 0 aliphatic heterocycles. The Bertz CT molecular complexity index is 877. The molecule has 2 N–H and O–H groups in total. The fourth-order valence-electron chi connectivity index (χ4n) is 3.14. The Morgan fingerprint density at radius 3 is 2.59 bits per heavy atom. The van der Waals surface area contributed by atoms with Crippen molar-refractivity contribution in [2.75, 3.05) is 0 Å². The Labute approximate surface area is 127 Å². The molecule has 1 aliphatic carbocycles. The molecule has 22 heavy (non-hydrogen) atoms. The molecular formula is C18H17NO3. The molecule has 1 saturated carbocycles. The standard InChI is InChI=1S/C18H17NO3/c20-17(18(21)22)12-7-8-16-14(9-12)13-3-1-2-4-15(13)19(16)10-11-5-6-11/h1-4,7-9,11,17,20H,5-6,10H2,(H,21,22). The summed E-state index contributed by atoms with van der Waals surface area (Å²) in [5.41, 5.74) is 2.70. The van der Waals surface area contributed by atoms with Crippen LogP contribution in [0.2, 0.25) is 0 Å². The third-order valence-corrected chi connectivity index (χ3v) is 4.48. The molecule has 1 unspecified atom stereocenters. The number of rotatable bonds is 4. The average Bonchev–Trinajstić information content (AvgIpc) is 3.30. The lowest BCUT2D eigenvalue weighted by Crippen LogP contribution is -2.10. The van der Waals surface area contributed by atoms with Crippen LogP contribution in [-0.2, 0) is 11.3 Å². The van der Waals surface area contributed by atoms with Gasteiger partial charge >= 0.3 is 5.97 Å². The van der Waals surface area contributed by atoms with Crippen molar-refractivity contribution in [1.29, 1.82) is 0 Å². The van der Waals surface area contributed by atoms with Gasteiger partial charge in [-0.1, -0.05) is 24.3 Å². The van der Waals surface area contributed by atoms with Crippen LogP contribution in [0, 0.1) is 5.92 Å². The molecule has 1 aromatic heterocycles. The fraction of sp³-hybridized carbons (Fsp3) is 0.278. The number of aliphatic carboxylic acids is 1. The minimum Gasteiger partial charge on any atom is -0.479 e. The van der Waals surface area contributed by atoms with Gasteiger partial charge in [-0.05, 0) is 42.5 Å². The first-order valence-electron chi connectivity index (χ1n) is 7.57. The molecule has 0 bridgehead atoms. The number of carboxylic acid groups (broad SMARTS) is 1. The van der Waals surface area contributed by atoms with Gasteiger partial charge < -0.3 is 14.8 Å². The molecule has 112 valence electrons. The van der Waals surface area contributed by atoms with Crippen LogP contribution >= 0.6 is 0 Å². The molecule has 0 radical (unpaired) electrons. The maximum atomic E-state index is 11.0. The van der Waals surface area contributed by atoms with Crippen molar-refractivity contribution in [2.24, 2.45) is 5.92 Å². The zero-order valence-electron chi connectivity index (χ0n) is 12.1. The molecule has 0 amide bonds. The maximum absolute atomic E-state index is 11.0. The zero-order chi connectivity index (χ0) is 15.3. The van der Waals surface area contributed by atoms with Crippen LogP contribution in [-0.4, -0.2) is 20.7 Å². The lowest BCUT2D eigenvalue weighted by Gasteiger charge is -2.08. The summed E-state index contributed by atoms with van der Waals surface area (Å²) in [5.74, 6) is -0.468. The summed E-state index contributed by atoms with van der Waals surface area (Å²) in [6.07, 6.45) is 1.09. The number of hydrogen-bond donors (Lipinski definition) is 2. The summed E-state index contributed by atoms with van der Waals surface area (Å²) >= 11 is 0. The number of aliphatic hydroxyl groups is 1. The number of hydrogen-bond acceptors (Lipinski definition) is 2. The number of fused-ring (bicyclic) bond motifs is 3. The van der Waals surface area contributed by atoms with Gasteiger partial charge in [0.05, 0.1) is 0 Å². The van der Waals surface area contributed by atoms with Crippen LogP contribution in [0.3, 0.4) is 0 Å². The molecule has 1 aliphatic rings. The van der Waals surface area contributed by atoms with Gasteiger partial charge in [-0.25, -0.2) is 4.79 Å². The van der Waals surface area contributed by atoms with E-state index in [0.29, 0.717) is 5.56 Å². The number of carboxylic acids is 1. The zero-order valence-corrected chi connectivity index (χ0v) is 12.1. The Morgan fingerprint density at radius 1 is 1.14 bits per heavy atom. The first-order valence-corrected chi connectivity index (χ1v) is 7.57. The third kappa shape index (κ3) is 2.07. The van der Waals surface area contributed by atoms with Crippen molar-refractivity contribution in [3.05, 3.63) is 48.0 Å². The number of nitrogens with zero attached hydrogens (tertiary/aromatic N) is 1. The summed E-state index contributed by atoms with van der Waals surface area (Å²) in [5, 5.41) is 20.9. The minimum absolute atomic E-state index is 0.425. The van der Waals surface area contributed by atoms with E-state index in [2.05, 4.69) is 16.7 Å². The van der Waals surface area contributed by atoms with Crippen molar-refractivity contribution >= 4 is 27.8 Å². The summed E-state index contributed by atoms with van der Waals surface area (Å²) < 4.78 is 2.32. The maximum Gasteiger partial charge on any atom is 0.337 e. The highest BCUT2D eigenvalue weighted by Crippen LogP contribution is 2.36. The molecule has 4 heteroatoms. The molecule has 1 heterocycles. The predicted octanol–water partition coefficient (Wildman–Crippen LogP) is 3.32. The van der Waals surface area contributed by atoms with Gasteiger partial charge in [-0.2, -0.15) is 0 Å². The van der Waals surface area contributed by atoms with Gasteiger partial charge in [0.2, 0.25) is 0 Å². The Kier molecular flexibility index (Phi) is 2.94. The van der Waals surface area contributed by atoms with Crippen LogP contribution in [0.25, 0.3) is 21.8 Å². The second-order valence-electron chi connectivity index (χ2n) is 6.09. The van der Waals surface area contributed by atoms with E-state index in [0.717, 1.165) is 28.8 Å². The van der Waals surface area contributed by atoms with Crippen LogP contribution in [0.4, 0.5) is 0 Å². The lowest BCUT2D eigenvalue weighted by atomic mass is 10.1. The Morgan fingerprint density at radius 2 is 1.86 bits per heavy atom. The second kappa shape index (κ2) is 4.85. The molecule has 2 aromatic carbocycles. The third-order valence-electron chi connectivity index (χ3n) is 4.48. The van der Waals surface area contributed by atoms with Crippen molar-refractivity contribution in [1.82, 2.24) is 4.57 Å². The molecule has 4 nitrogen and oxygen atoms in total. The minimum atomic E-state index is -1.48. The van der Waals surface area contributed by atoms with Crippen LogP contribution in [0.15, 0.2) is 42.5 Å². The van der Waals surface area contributed by atoms with E-state index in [-0.39, 0.29) is 0 Å². The number of aromatic nitrogens is 1. The predicted molar refractivity (Wildman–Crippen MR) is 84.8 cm³/mol. The summed E-state index contributed by atoms with van der Waals surface area (Å²) in [6.45, 7) is 1.00. The smallest absolute Gasteiger partial charge is 0.337 e. The molecule has 0 saturated heterocycles. The van der Waals surface area contributed by atoms with Crippen LogP contribution in [0.5, 0.6) is 0 Å². The van der Waals surface area contributed by atoms with Crippen molar-refractivity contribution < 1.29 is 15.0 Å². The van der Waals surface area contributed by atoms with Crippen molar-refractivity contribution in [3.8, 4) is 0 Å². The van der Waals surface area contributed by atoms with E-state index in [1.165, 1.54) is 18.4 Å². The highest BCUT2D eigenvalue weighted by atomic mass is 16.4. The summed E-state index contributed by atoms with van der Waals surface area (Å²) in [6, 6.07) is 13.6. The molecule has 4 rings (SSSR count). The highest BCUT2D eigenvalue weighted by molar-refractivity contribution is 6.08. The van der Waals surface area contributed by atoms with E-state index >= 15 is 0 Å².